The topological polar surface area (TPSA) is 45.7 Å². The van der Waals surface area contributed by atoms with Crippen LogP contribution in [-0.4, -0.2) is 31.7 Å². The van der Waals surface area contributed by atoms with E-state index in [1.165, 1.54) is 6.07 Å². The van der Waals surface area contributed by atoms with Gasteiger partial charge in [-0.1, -0.05) is 26.0 Å². The van der Waals surface area contributed by atoms with Gasteiger partial charge in [0.15, 0.2) is 17.5 Å². The minimum Gasteiger partial charge on any atom is -0.485 e. The average Bonchev–Trinajstić information content (AvgIpc) is 2.50. The first-order chi connectivity index (χ1) is 10.2. The predicted octanol–water partition coefficient (Wildman–Crippen LogP) is 2.95. The Morgan fingerprint density at radius 1 is 1.24 bits per heavy atom. The molecule has 1 rings (SSSR count). The molecule has 118 valence electrons. The van der Waals surface area contributed by atoms with E-state index in [1.807, 2.05) is 13.8 Å². The van der Waals surface area contributed by atoms with Crippen LogP contribution < -0.4 is 15.4 Å². The summed E-state index contributed by atoms with van der Waals surface area (Å²) in [6, 6.07) is 6.46. The smallest absolute Gasteiger partial charge is 0.191 e. The van der Waals surface area contributed by atoms with Crippen molar-refractivity contribution in [3.8, 4) is 5.75 Å². The van der Waals surface area contributed by atoms with E-state index >= 15 is 0 Å². The molecule has 0 bridgehead atoms. The maximum atomic E-state index is 13.6. The van der Waals surface area contributed by atoms with Crippen LogP contribution in [0.5, 0.6) is 5.75 Å². The quantitative estimate of drug-likeness (QED) is 0.572. The van der Waals surface area contributed by atoms with E-state index in [0.717, 1.165) is 31.9 Å². The third-order valence-corrected chi connectivity index (χ3v) is 2.93. The molecule has 0 amide bonds. The second-order valence-electron chi connectivity index (χ2n) is 4.72. The van der Waals surface area contributed by atoms with Gasteiger partial charge in [-0.2, -0.15) is 0 Å². The molecule has 5 heteroatoms. The third kappa shape index (κ3) is 6.47. The van der Waals surface area contributed by atoms with Gasteiger partial charge in [0.2, 0.25) is 0 Å². The lowest BCUT2D eigenvalue weighted by Crippen LogP contribution is -2.38. The molecule has 4 nitrogen and oxygen atoms in total. The number of para-hydroxylation sites is 1. The Morgan fingerprint density at radius 2 is 2.00 bits per heavy atom. The van der Waals surface area contributed by atoms with Crippen LogP contribution in [0.25, 0.3) is 0 Å². The fraction of sp³-hybridized carbons (Fsp3) is 0.562. The molecule has 0 heterocycles. The number of ether oxygens (including phenoxy) is 1. The summed E-state index contributed by atoms with van der Waals surface area (Å²) in [5.41, 5.74) is 0. The molecule has 1 atom stereocenters. The fourth-order valence-electron chi connectivity index (χ4n) is 1.75. The Hall–Kier alpha value is -1.78. The average molecular weight is 295 g/mol. The van der Waals surface area contributed by atoms with E-state index in [0.29, 0.717) is 6.54 Å². The number of nitrogens with one attached hydrogen (secondary N) is 2. The molecule has 0 aliphatic rings. The summed E-state index contributed by atoms with van der Waals surface area (Å²) < 4.78 is 19.3. The van der Waals surface area contributed by atoms with Gasteiger partial charge in [0, 0.05) is 13.1 Å². The van der Waals surface area contributed by atoms with Crippen LogP contribution in [-0.2, 0) is 0 Å². The Balaban J connectivity index is 2.61. The highest BCUT2D eigenvalue weighted by molar-refractivity contribution is 5.79. The van der Waals surface area contributed by atoms with Gasteiger partial charge in [-0.3, -0.25) is 0 Å². The Bertz CT molecular complexity index is 437. The molecule has 21 heavy (non-hydrogen) atoms. The van der Waals surface area contributed by atoms with Crippen LogP contribution in [0.3, 0.4) is 0 Å². The highest BCUT2D eigenvalue weighted by Crippen LogP contribution is 2.18. The minimum atomic E-state index is -0.337. The van der Waals surface area contributed by atoms with Crippen molar-refractivity contribution in [1.29, 1.82) is 0 Å². The molecule has 1 aromatic carbocycles. The summed E-state index contributed by atoms with van der Waals surface area (Å²) in [6.07, 6.45) is 1.66. The van der Waals surface area contributed by atoms with Gasteiger partial charge < -0.3 is 15.4 Å². The van der Waals surface area contributed by atoms with E-state index in [1.54, 1.807) is 18.2 Å². The van der Waals surface area contributed by atoms with Crippen molar-refractivity contribution < 1.29 is 9.13 Å². The highest BCUT2D eigenvalue weighted by Gasteiger charge is 2.11. The number of aliphatic imine (C=N–C) groups is 1. The summed E-state index contributed by atoms with van der Waals surface area (Å²) in [4.78, 5) is 4.49. The van der Waals surface area contributed by atoms with Crippen molar-refractivity contribution in [3.63, 3.8) is 0 Å². The van der Waals surface area contributed by atoms with Crippen molar-refractivity contribution in [2.45, 2.75) is 39.7 Å². The standard InChI is InChI=1S/C16H26FN3O/c1-4-11-19-16(18-6-3)20-12-13(5-2)21-15-10-8-7-9-14(15)17/h7-10,13H,4-6,11-12H2,1-3H3,(H2,18,19,20). The number of benzene rings is 1. The molecule has 1 unspecified atom stereocenters. The molecule has 0 fully saturated rings. The van der Waals surface area contributed by atoms with Crippen molar-refractivity contribution >= 4 is 5.96 Å². The molecule has 0 saturated heterocycles. The monoisotopic (exact) mass is 295 g/mol. The third-order valence-electron chi connectivity index (χ3n) is 2.93. The summed E-state index contributed by atoms with van der Waals surface area (Å²) >= 11 is 0. The number of hydrogen-bond acceptors (Lipinski definition) is 2. The van der Waals surface area contributed by atoms with Crippen LogP contribution in [0.2, 0.25) is 0 Å². The molecule has 0 aromatic heterocycles. The summed E-state index contributed by atoms with van der Waals surface area (Å²) in [5, 5.41) is 6.42. The first-order valence-corrected chi connectivity index (χ1v) is 7.64. The van der Waals surface area contributed by atoms with E-state index in [9.17, 15) is 4.39 Å². The first-order valence-electron chi connectivity index (χ1n) is 7.64. The minimum absolute atomic E-state index is 0.140. The summed E-state index contributed by atoms with van der Waals surface area (Å²) in [5.74, 6) is 0.719. The van der Waals surface area contributed by atoms with Gasteiger partial charge >= 0.3 is 0 Å². The molecule has 0 aliphatic carbocycles. The van der Waals surface area contributed by atoms with Gasteiger partial charge in [0.05, 0.1) is 6.54 Å². The molecule has 1 aromatic rings. The lowest BCUT2D eigenvalue weighted by atomic mass is 10.2. The van der Waals surface area contributed by atoms with E-state index in [2.05, 4.69) is 22.5 Å². The fourth-order valence-corrected chi connectivity index (χ4v) is 1.75. The van der Waals surface area contributed by atoms with Crippen molar-refractivity contribution in [2.24, 2.45) is 4.99 Å². The van der Waals surface area contributed by atoms with Crippen LogP contribution in [0.4, 0.5) is 4.39 Å². The summed E-state index contributed by atoms with van der Waals surface area (Å²) in [7, 11) is 0. The predicted molar refractivity (Wildman–Crippen MR) is 85.4 cm³/mol. The van der Waals surface area contributed by atoms with Gasteiger partial charge in [0.1, 0.15) is 6.10 Å². The molecule has 0 radical (unpaired) electrons. The zero-order valence-electron chi connectivity index (χ0n) is 13.2. The zero-order valence-corrected chi connectivity index (χ0v) is 13.2. The van der Waals surface area contributed by atoms with Crippen molar-refractivity contribution in [2.75, 3.05) is 19.6 Å². The first kappa shape index (κ1) is 17.3. The van der Waals surface area contributed by atoms with E-state index in [4.69, 9.17) is 4.74 Å². The van der Waals surface area contributed by atoms with Gasteiger partial charge in [-0.05, 0) is 31.9 Å². The highest BCUT2D eigenvalue weighted by atomic mass is 19.1. The largest absolute Gasteiger partial charge is 0.485 e. The summed E-state index contributed by atoms with van der Waals surface area (Å²) in [6.45, 7) is 8.30. The molecule has 2 N–H and O–H groups in total. The number of halogens is 1. The lowest BCUT2D eigenvalue weighted by molar-refractivity contribution is 0.196. The number of nitrogens with zero attached hydrogens (tertiary/aromatic N) is 1. The van der Waals surface area contributed by atoms with Gasteiger partial charge in [0.25, 0.3) is 0 Å². The van der Waals surface area contributed by atoms with Crippen molar-refractivity contribution in [1.82, 2.24) is 10.6 Å². The van der Waals surface area contributed by atoms with Gasteiger partial charge in [-0.25, -0.2) is 9.38 Å². The van der Waals surface area contributed by atoms with Crippen LogP contribution in [0.15, 0.2) is 29.3 Å². The molecule has 0 spiro atoms. The number of hydrogen-bond donors (Lipinski definition) is 2. The second kappa shape index (κ2) is 10.0. The molecule has 0 aliphatic heterocycles. The zero-order chi connectivity index (χ0) is 15.5. The van der Waals surface area contributed by atoms with E-state index < -0.39 is 0 Å². The lowest BCUT2D eigenvalue weighted by Gasteiger charge is -2.17. The van der Waals surface area contributed by atoms with Crippen LogP contribution in [0.1, 0.15) is 33.6 Å². The molecular weight excluding hydrogens is 269 g/mol. The Morgan fingerprint density at radius 3 is 2.62 bits per heavy atom. The van der Waals surface area contributed by atoms with Crippen LogP contribution >= 0.6 is 0 Å². The van der Waals surface area contributed by atoms with E-state index in [-0.39, 0.29) is 17.7 Å². The molecular formula is C16H26FN3O. The SMILES string of the molecule is CCCNC(=NCC(CC)Oc1ccccc1F)NCC. The number of guanidine groups is 1. The second-order valence-corrected chi connectivity index (χ2v) is 4.72. The van der Waals surface area contributed by atoms with Crippen molar-refractivity contribution in [3.05, 3.63) is 30.1 Å². The Labute approximate surface area is 126 Å². The van der Waals surface area contributed by atoms with Gasteiger partial charge in [-0.15, -0.1) is 0 Å². The van der Waals surface area contributed by atoms with Crippen LogP contribution in [0, 0.1) is 5.82 Å². The number of rotatable bonds is 8. The Kier molecular flexibility index (Phi) is 8.24. The normalized spacial score (nSPS) is 12.9. The maximum Gasteiger partial charge on any atom is 0.191 e. The maximum absolute atomic E-state index is 13.6. The molecule has 0 saturated carbocycles.